The fourth-order valence-electron chi connectivity index (χ4n) is 4.62. The maximum Gasteiger partial charge on any atom is 0.317 e. The summed E-state index contributed by atoms with van der Waals surface area (Å²) in [6.45, 7) is -0.279. The lowest BCUT2D eigenvalue weighted by atomic mass is 9.89. The first-order valence-electron chi connectivity index (χ1n) is 11.3. The number of hydrogen-bond donors (Lipinski definition) is 3. The third-order valence-corrected chi connectivity index (χ3v) is 7.71. The highest BCUT2D eigenvalue weighted by Crippen LogP contribution is 2.48. The minimum atomic E-state index is -1.95. The average molecular weight is 510 g/mol. The SMILES string of the molecule is CNC(=O)N1CC(F)(C/C=C/C2(SO)CC2)C(N)[C@@H]1Cc1cccc(-c2cc(F)cc(F)c2)c1F. The van der Waals surface area contributed by atoms with E-state index in [0.29, 0.717) is 6.07 Å². The highest BCUT2D eigenvalue weighted by molar-refractivity contribution is 7.95. The van der Waals surface area contributed by atoms with Crippen LogP contribution >= 0.6 is 12.0 Å². The number of likely N-dealkylation sites (tertiary alicyclic amines) is 1. The first kappa shape index (κ1) is 25.5. The Morgan fingerprint density at radius 1 is 1.26 bits per heavy atom. The molecule has 0 radical (unpaired) electrons. The van der Waals surface area contributed by atoms with E-state index in [1.165, 1.54) is 30.1 Å². The second kappa shape index (κ2) is 9.83. The van der Waals surface area contributed by atoms with Crippen LogP contribution in [-0.4, -0.2) is 51.6 Å². The number of nitrogens with zero attached hydrogens (tertiary/aromatic N) is 1. The van der Waals surface area contributed by atoms with Crippen molar-refractivity contribution in [3.8, 4) is 11.1 Å². The number of urea groups is 1. The summed E-state index contributed by atoms with van der Waals surface area (Å²) in [5.41, 5.74) is 4.53. The van der Waals surface area contributed by atoms with Crippen LogP contribution in [0.15, 0.2) is 48.6 Å². The number of nitrogens with two attached hydrogens (primary N) is 1. The Kier molecular flexibility index (Phi) is 7.17. The van der Waals surface area contributed by atoms with Gasteiger partial charge in [0.15, 0.2) is 0 Å². The van der Waals surface area contributed by atoms with E-state index in [0.717, 1.165) is 37.0 Å². The van der Waals surface area contributed by atoms with Gasteiger partial charge >= 0.3 is 6.03 Å². The van der Waals surface area contributed by atoms with Crippen LogP contribution in [-0.2, 0) is 6.42 Å². The molecule has 3 atom stereocenters. The second-order valence-corrected chi connectivity index (χ2v) is 10.2. The van der Waals surface area contributed by atoms with Gasteiger partial charge in [0.2, 0.25) is 0 Å². The Labute approximate surface area is 205 Å². The van der Waals surface area contributed by atoms with Crippen LogP contribution in [0.2, 0.25) is 0 Å². The fraction of sp³-hybridized carbons (Fsp3) is 0.400. The van der Waals surface area contributed by atoms with E-state index in [1.54, 1.807) is 12.2 Å². The third kappa shape index (κ3) is 5.19. The van der Waals surface area contributed by atoms with Crippen molar-refractivity contribution >= 4 is 18.1 Å². The highest BCUT2D eigenvalue weighted by Gasteiger charge is 2.53. The van der Waals surface area contributed by atoms with Crippen LogP contribution in [0, 0.1) is 17.5 Å². The van der Waals surface area contributed by atoms with Crippen molar-refractivity contribution in [2.45, 2.75) is 48.2 Å². The summed E-state index contributed by atoms with van der Waals surface area (Å²) in [6.07, 6.45) is 4.86. The molecule has 4 N–H and O–H groups in total. The van der Waals surface area contributed by atoms with Gasteiger partial charge in [-0.3, -0.25) is 0 Å². The molecule has 0 bridgehead atoms. The van der Waals surface area contributed by atoms with Gasteiger partial charge in [0.25, 0.3) is 0 Å². The van der Waals surface area contributed by atoms with Crippen LogP contribution in [0.3, 0.4) is 0 Å². The summed E-state index contributed by atoms with van der Waals surface area (Å²) >= 11 is 0.731. The standard InChI is InChI=1S/C25H27F4N3O2S/c1-31-23(33)32-14-25(29,7-3-6-24(35-34)8-9-24)22(30)20(32)12-15-4-2-5-19(21(15)28)16-10-17(26)13-18(27)11-16/h2-6,10-11,13,20,22,34H,7-9,12,14,30H2,1H3,(H,31,33)/b6-3+/t20-,22?,25?/m0/s1. The van der Waals surface area contributed by atoms with Gasteiger partial charge in [-0.25, -0.2) is 22.4 Å². The van der Waals surface area contributed by atoms with E-state index >= 15 is 8.78 Å². The number of alkyl halides is 1. The van der Waals surface area contributed by atoms with E-state index in [2.05, 4.69) is 5.32 Å². The van der Waals surface area contributed by atoms with E-state index in [1.807, 2.05) is 0 Å². The summed E-state index contributed by atoms with van der Waals surface area (Å²) in [4.78, 5) is 13.8. The molecule has 1 saturated heterocycles. The van der Waals surface area contributed by atoms with E-state index in [4.69, 9.17) is 5.73 Å². The third-order valence-electron chi connectivity index (χ3n) is 6.80. The lowest BCUT2D eigenvalue weighted by Gasteiger charge is -2.27. The minimum Gasteiger partial charge on any atom is -0.341 e. The van der Waals surface area contributed by atoms with Crippen LogP contribution in [0.5, 0.6) is 0 Å². The van der Waals surface area contributed by atoms with Crippen molar-refractivity contribution < 1.29 is 26.9 Å². The van der Waals surface area contributed by atoms with E-state index < -0.39 is 41.2 Å². The summed E-state index contributed by atoms with van der Waals surface area (Å²) in [5.74, 6) is -2.39. The molecule has 35 heavy (non-hydrogen) atoms. The molecule has 1 aliphatic carbocycles. The lowest BCUT2D eigenvalue weighted by Crippen LogP contribution is -2.49. The topological polar surface area (TPSA) is 78.6 Å². The van der Waals surface area contributed by atoms with Crippen molar-refractivity contribution in [3.63, 3.8) is 0 Å². The minimum absolute atomic E-state index is 0.00959. The Morgan fingerprint density at radius 2 is 1.94 bits per heavy atom. The monoisotopic (exact) mass is 509 g/mol. The Morgan fingerprint density at radius 3 is 2.54 bits per heavy atom. The first-order valence-corrected chi connectivity index (χ1v) is 12.1. The zero-order valence-corrected chi connectivity index (χ0v) is 19.9. The van der Waals surface area contributed by atoms with Gasteiger partial charge in [-0.05, 0) is 54.6 Å². The molecule has 5 nitrogen and oxygen atoms in total. The van der Waals surface area contributed by atoms with Crippen molar-refractivity contribution in [2.24, 2.45) is 5.73 Å². The molecule has 188 valence electrons. The summed E-state index contributed by atoms with van der Waals surface area (Å²) < 4.78 is 67.9. The first-order chi connectivity index (χ1) is 16.6. The summed E-state index contributed by atoms with van der Waals surface area (Å²) in [5, 5.41) is 2.48. The molecule has 2 aromatic rings. The lowest BCUT2D eigenvalue weighted by molar-refractivity contribution is 0.154. The van der Waals surface area contributed by atoms with Crippen molar-refractivity contribution in [3.05, 3.63) is 71.6 Å². The summed E-state index contributed by atoms with van der Waals surface area (Å²) in [7, 11) is 1.41. The van der Waals surface area contributed by atoms with Gasteiger partial charge in [-0.2, -0.15) is 0 Å². The molecule has 4 rings (SSSR count). The molecule has 1 aliphatic heterocycles. The van der Waals surface area contributed by atoms with Crippen LogP contribution in [0.25, 0.3) is 11.1 Å². The van der Waals surface area contributed by atoms with E-state index in [9.17, 15) is 18.1 Å². The number of halogens is 4. The molecule has 2 fully saturated rings. The quantitative estimate of drug-likeness (QED) is 0.277. The number of rotatable bonds is 7. The predicted octanol–water partition coefficient (Wildman–Crippen LogP) is 5.06. The van der Waals surface area contributed by atoms with Crippen molar-refractivity contribution in [1.29, 1.82) is 0 Å². The molecule has 0 aromatic heterocycles. The zero-order chi connectivity index (χ0) is 25.4. The average Bonchev–Trinajstić information content (AvgIpc) is 3.56. The Hall–Kier alpha value is -2.56. The zero-order valence-electron chi connectivity index (χ0n) is 19.1. The molecule has 1 saturated carbocycles. The van der Waals surface area contributed by atoms with Gasteiger partial charge < -0.3 is 20.5 Å². The molecule has 2 aliphatic rings. The molecule has 2 amide bonds. The molecule has 2 unspecified atom stereocenters. The van der Waals surface area contributed by atoms with Gasteiger partial charge in [-0.15, -0.1) is 0 Å². The fourth-order valence-corrected chi connectivity index (χ4v) is 5.07. The highest BCUT2D eigenvalue weighted by atomic mass is 32.2. The molecule has 10 heteroatoms. The number of carbonyl (C=O) groups is 1. The number of amides is 2. The number of benzene rings is 2. The maximum atomic E-state index is 16.0. The van der Waals surface area contributed by atoms with Gasteiger partial charge in [-0.1, -0.05) is 30.4 Å². The van der Waals surface area contributed by atoms with Crippen molar-refractivity contribution in [2.75, 3.05) is 13.6 Å². The van der Waals surface area contributed by atoms with Gasteiger partial charge in [0, 0.05) is 25.1 Å². The second-order valence-electron chi connectivity index (χ2n) is 9.21. The molecule has 2 aromatic carbocycles. The number of carbonyl (C=O) groups excluding carboxylic acids is 1. The predicted molar refractivity (Wildman–Crippen MR) is 128 cm³/mol. The number of allylic oxidation sites excluding steroid dienone is 1. The molecule has 1 heterocycles. The summed E-state index contributed by atoms with van der Waals surface area (Å²) in [6, 6.07) is 4.66. The molecule has 0 spiro atoms. The Bertz CT molecular complexity index is 1120. The van der Waals surface area contributed by atoms with Gasteiger partial charge in [0.05, 0.1) is 23.4 Å². The largest absolute Gasteiger partial charge is 0.341 e. The maximum absolute atomic E-state index is 16.0. The van der Waals surface area contributed by atoms with E-state index in [-0.39, 0.29) is 40.8 Å². The molecular formula is C25H27F4N3O2S. The number of hydrogen-bond acceptors (Lipinski definition) is 4. The van der Waals surface area contributed by atoms with Gasteiger partial charge in [0.1, 0.15) is 23.1 Å². The Balaban J connectivity index is 1.61. The number of nitrogens with one attached hydrogen (secondary N) is 1. The smallest absolute Gasteiger partial charge is 0.317 e. The van der Waals surface area contributed by atoms with Crippen LogP contribution < -0.4 is 11.1 Å². The normalized spacial score (nSPS) is 25.3. The van der Waals surface area contributed by atoms with Crippen LogP contribution in [0.1, 0.15) is 24.8 Å². The molecular weight excluding hydrogens is 482 g/mol. The van der Waals surface area contributed by atoms with Crippen molar-refractivity contribution in [1.82, 2.24) is 10.2 Å². The van der Waals surface area contributed by atoms with Crippen LogP contribution in [0.4, 0.5) is 22.4 Å².